The van der Waals surface area contributed by atoms with Crippen LogP contribution in [-0.2, 0) is 4.79 Å². The standard InChI is InChI=1S/C20H23FN4O3/c1-11(2)18-22-17(23-25(18)16-6-4-3-5-15(16)21)19(26)24-9-13(12-7-8-12)14(10-24)20(27)28/h3-6,11-14H,7-10H2,1-2H3,(H,27,28)/t13-,14+/m1/s1. The minimum atomic E-state index is -0.861. The number of aromatic nitrogens is 3. The zero-order valence-corrected chi connectivity index (χ0v) is 15.9. The van der Waals surface area contributed by atoms with Gasteiger partial charge in [0.1, 0.15) is 17.3 Å². The molecule has 7 nitrogen and oxygen atoms in total. The summed E-state index contributed by atoms with van der Waals surface area (Å²) in [5.41, 5.74) is 0.235. The molecule has 4 rings (SSSR count). The van der Waals surface area contributed by atoms with Gasteiger partial charge < -0.3 is 10.0 Å². The first kappa shape index (κ1) is 18.6. The van der Waals surface area contributed by atoms with E-state index in [2.05, 4.69) is 10.1 Å². The normalized spacial score (nSPS) is 22.1. The molecular formula is C20H23FN4O3. The molecule has 1 aliphatic carbocycles. The summed E-state index contributed by atoms with van der Waals surface area (Å²) in [5.74, 6) is -1.49. The Balaban J connectivity index is 1.64. The van der Waals surface area contributed by atoms with Crippen LogP contribution in [0.2, 0.25) is 0 Å². The molecule has 0 bridgehead atoms. The lowest BCUT2D eigenvalue weighted by Gasteiger charge is -2.13. The molecule has 1 aromatic carbocycles. The van der Waals surface area contributed by atoms with Gasteiger partial charge in [0.2, 0.25) is 5.82 Å². The molecule has 1 aliphatic heterocycles. The van der Waals surface area contributed by atoms with Gasteiger partial charge in [-0.2, -0.15) is 0 Å². The number of rotatable bonds is 5. The molecule has 1 saturated carbocycles. The summed E-state index contributed by atoms with van der Waals surface area (Å²) in [6.07, 6.45) is 2.04. The van der Waals surface area contributed by atoms with Gasteiger partial charge in [0, 0.05) is 19.0 Å². The van der Waals surface area contributed by atoms with Crippen LogP contribution in [0.25, 0.3) is 5.69 Å². The fraction of sp³-hybridized carbons (Fsp3) is 0.500. The maximum Gasteiger partial charge on any atom is 0.308 e. The number of carboxylic acids is 1. The fourth-order valence-corrected chi connectivity index (χ4v) is 3.99. The number of para-hydroxylation sites is 1. The first-order chi connectivity index (χ1) is 13.4. The van der Waals surface area contributed by atoms with Crippen LogP contribution < -0.4 is 0 Å². The minimum absolute atomic E-state index is 0.0142. The van der Waals surface area contributed by atoms with Crippen molar-refractivity contribution in [2.75, 3.05) is 13.1 Å². The smallest absolute Gasteiger partial charge is 0.308 e. The number of hydrogen-bond acceptors (Lipinski definition) is 4. The van der Waals surface area contributed by atoms with Crippen molar-refractivity contribution >= 4 is 11.9 Å². The van der Waals surface area contributed by atoms with Crippen molar-refractivity contribution in [3.8, 4) is 5.69 Å². The van der Waals surface area contributed by atoms with E-state index in [1.807, 2.05) is 13.8 Å². The number of amides is 1. The Hall–Kier alpha value is -2.77. The highest BCUT2D eigenvalue weighted by Crippen LogP contribution is 2.44. The first-order valence-electron chi connectivity index (χ1n) is 9.60. The third kappa shape index (κ3) is 3.27. The zero-order valence-electron chi connectivity index (χ0n) is 15.9. The van der Waals surface area contributed by atoms with E-state index in [0.717, 1.165) is 12.8 Å². The molecule has 1 amide bonds. The summed E-state index contributed by atoms with van der Waals surface area (Å²) >= 11 is 0. The monoisotopic (exact) mass is 386 g/mol. The fourth-order valence-electron chi connectivity index (χ4n) is 3.99. The van der Waals surface area contributed by atoms with Crippen molar-refractivity contribution in [1.29, 1.82) is 0 Å². The molecule has 1 saturated heterocycles. The van der Waals surface area contributed by atoms with Gasteiger partial charge in [-0.3, -0.25) is 9.59 Å². The lowest BCUT2D eigenvalue weighted by atomic mass is 9.92. The third-order valence-electron chi connectivity index (χ3n) is 5.62. The quantitative estimate of drug-likeness (QED) is 0.854. The Kier molecular flexibility index (Phi) is 4.64. The van der Waals surface area contributed by atoms with Crippen LogP contribution in [0.3, 0.4) is 0 Å². The van der Waals surface area contributed by atoms with Crippen LogP contribution in [0, 0.1) is 23.6 Å². The van der Waals surface area contributed by atoms with Crippen LogP contribution in [-0.4, -0.2) is 49.7 Å². The van der Waals surface area contributed by atoms with Crippen molar-refractivity contribution in [2.24, 2.45) is 17.8 Å². The highest BCUT2D eigenvalue weighted by Gasteiger charge is 2.47. The number of carbonyl (C=O) groups is 2. The van der Waals surface area contributed by atoms with E-state index in [1.165, 1.54) is 15.6 Å². The number of hydrogen-bond donors (Lipinski definition) is 1. The maximum atomic E-state index is 14.3. The molecule has 2 atom stereocenters. The van der Waals surface area contributed by atoms with Gasteiger partial charge in [-0.1, -0.05) is 26.0 Å². The topological polar surface area (TPSA) is 88.3 Å². The number of nitrogens with zero attached hydrogens (tertiary/aromatic N) is 4. The average Bonchev–Trinajstić information content (AvgIpc) is 3.24. The Morgan fingerprint density at radius 1 is 1.21 bits per heavy atom. The van der Waals surface area contributed by atoms with Crippen molar-refractivity contribution in [3.63, 3.8) is 0 Å². The molecule has 0 spiro atoms. The Labute approximate surface area is 162 Å². The molecule has 0 radical (unpaired) electrons. The molecule has 2 fully saturated rings. The molecule has 28 heavy (non-hydrogen) atoms. The zero-order chi connectivity index (χ0) is 20.0. The summed E-state index contributed by atoms with van der Waals surface area (Å²) in [7, 11) is 0. The van der Waals surface area contributed by atoms with Gasteiger partial charge >= 0.3 is 5.97 Å². The number of aliphatic carboxylic acids is 1. The van der Waals surface area contributed by atoms with Crippen molar-refractivity contribution in [3.05, 3.63) is 41.7 Å². The van der Waals surface area contributed by atoms with Gasteiger partial charge in [0.25, 0.3) is 5.91 Å². The van der Waals surface area contributed by atoms with E-state index in [0.29, 0.717) is 18.3 Å². The number of likely N-dealkylation sites (tertiary alicyclic amines) is 1. The van der Waals surface area contributed by atoms with Crippen LogP contribution >= 0.6 is 0 Å². The van der Waals surface area contributed by atoms with Gasteiger partial charge in [0.15, 0.2) is 0 Å². The lowest BCUT2D eigenvalue weighted by molar-refractivity contribution is -0.142. The third-order valence-corrected chi connectivity index (χ3v) is 5.62. The average molecular weight is 386 g/mol. The second kappa shape index (κ2) is 7.00. The second-order valence-corrected chi connectivity index (χ2v) is 7.97. The Morgan fingerprint density at radius 2 is 1.93 bits per heavy atom. The van der Waals surface area contributed by atoms with E-state index >= 15 is 0 Å². The second-order valence-electron chi connectivity index (χ2n) is 7.97. The number of benzene rings is 1. The highest BCUT2D eigenvalue weighted by molar-refractivity contribution is 5.91. The van der Waals surface area contributed by atoms with Crippen molar-refractivity contribution in [1.82, 2.24) is 19.7 Å². The summed E-state index contributed by atoms with van der Waals surface area (Å²) in [6, 6.07) is 6.21. The van der Waals surface area contributed by atoms with E-state index < -0.39 is 23.6 Å². The number of carboxylic acid groups (broad SMARTS) is 1. The maximum absolute atomic E-state index is 14.3. The molecule has 2 aliphatic rings. The summed E-state index contributed by atoms with van der Waals surface area (Å²) in [4.78, 5) is 30.5. The molecule has 0 unspecified atom stereocenters. The van der Waals surface area contributed by atoms with Gasteiger partial charge in [-0.25, -0.2) is 14.1 Å². The first-order valence-corrected chi connectivity index (χ1v) is 9.60. The summed E-state index contributed by atoms with van der Waals surface area (Å²) in [6.45, 7) is 4.37. The van der Waals surface area contributed by atoms with Crippen LogP contribution in [0.1, 0.15) is 49.1 Å². The molecule has 8 heteroatoms. The van der Waals surface area contributed by atoms with Crippen LogP contribution in [0.5, 0.6) is 0 Å². The summed E-state index contributed by atoms with van der Waals surface area (Å²) < 4.78 is 15.6. The van der Waals surface area contributed by atoms with Crippen molar-refractivity contribution < 1.29 is 19.1 Å². The molecular weight excluding hydrogens is 363 g/mol. The largest absolute Gasteiger partial charge is 0.481 e. The van der Waals surface area contributed by atoms with Gasteiger partial charge in [0.05, 0.1) is 5.92 Å². The van der Waals surface area contributed by atoms with E-state index in [1.54, 1.807) is 18.2 Å². The highest BCUT2D eigenvalue weighted by atomic mass is 19.1. The Morgan fingerprint density at radius 3 is 2.54 bits per heavy atom. The predicted molar refractivity (Wildman–Crippen MR) is 98.6 cm³/mol. The van der Waals surface area contributed by atoms with Crippen LogP contribution in [0.15, 0.2) is 24.3 Å². The minimum Gasteiger partial charge on any atom is -0.481 e. The Bertz CT molecular complexity index is 922. The van der Waals surface area contributed by atoms with E-state index in [-0.39, 0.29) is 29.9 Å². The molecule has 2 heterocycles. The molecule has 1 aromatic heterocycles. The molecule has 1 N–H and O–H groups in total. The van der Waals surface area contributed by atoms with Gasteiger partial charge in [-0.15, -0.1) is 5.10 Å². The molecule has 148 valence electrons. The molecule has 2 aromatic rings. The van der Waals surface area contributed by atoms with Crippen LogP contribution in [0.4, 0.5) is 4.39 Å². The lowest BCUT2D eigenvalue weighted by Crippen LogP contribution is -2.31. The SMILES string of the molecule is CC(C)c1nc(C(=O)N2C[C@H](C(=O)O)[C@@H](C3CC3)C2)nn1-c1ccccc1F. The predicted octanol–water partition coefficient (Wildman–Crippen LogP) is 2.71. The van der Waals surface area contributed by atoms with Crippen molar-refractivity contribution in [2.45, 2.75) is 32.6 Å². The van der Waals surface area contributed by atoms with E-state index in [4.69, 9.17) is 0 Å². The van der Waals surface area contributed by atoms with Gasteiger partial charge in [-0.05, 0) is 36.8 Å². The number of carbonyl (C=O) groups excluding carboxylic acids is 1. The number of halogens is 1. The summed E-state index contributed by atoms with van der Waals surface area (Å²) in [5, 5.41) is 13.8. The van der Waals surface area contributed by atoms with E-state index in [9.17, 15) is 19.1 Å².